The fraction of sp³-hybridized carbons (Fsp3) is 1.00. The smallest absolute Gasteiger partial charge is 0.204 e. The third-order valence-electron chi connectivity index (χ3n) is 0.468. The van der Waals surface area contributed by atoms with E-state index in [0.29, 0.717) is 0 Å². The highest BCUT2D eigenvalue weighted by atomic mass is 32.3. The highest BCUT2D eigenvalue weighted by Crippen LogP contribution is 2.25. The molecular formula is CH2F3NO5S2. The van der Waals surface area contributed by atoms with Crippen molar-refractivity contribution in [2.75, 3.05) is 0 Å². The van der Waals surface area contributed by atoms with Crippen LogP contribution in [0.3, 0.4) is 0 Å². The molecule has 0 heterocycles. The Morgan fingerprint density at radius 1 is 1.08 bits per heavy atom. The highest BCUT2D eigenvalue weighted by molar-refractivity contribution is 7.99. The molecule has 0 aliphatic carbocycles. The molecule has 6 nitrogen and oxygen atoms in total. The lowest BCUT2D eigenvalue weighted by atomic mass is 11.6. The van der Waals surface area contributed by atoms with E-state index in [-0.39, 0.29) is 0 Å². The van der Waals surface area contributed by atoms with Crippen LogP contribution in [0.25, 0.3) is 0 Å². The van der Waals surface area contributed by atoms with Gasteiger partial charge < -0.3 is 0 Å². The van der Waals surface area contributed by atoms with Gasteiger partial charge in [-0.15, -0.1) is 3.63 Å². The molecule has 11 heteroatoms. The summed E-state index contributed by atoms with van der Waals surface area (Å²) >= 11 is 0. The third-order valence-corrected chi connectivity index (χ3v) is 2.51. The zero-order valence-electron chi connectivity index (χ0n) is 5.07. The van der Waals surface area contributed by atoms with Crippen molar-refractivity contribution in [1.29, 1.82) is 0 Å². The average molecular weight is 229 g/mol. The Labute approximate surface area is 65.5 Å². The van der Waals surface area contributed by atoms with Gasteiger partial charge >= 0.3 is 25.9 Å². The Balaban J connectivity index is 4.96. The molecular weight excluding hydrogens is 227 g/mol. The highest BCUT2D eigenvalue weighted by Gasteiger charge is 2.49. The van der Waals surface area contributed by atoms with Crippen molar-refractivity contribution in [2.24, 2.45) is 5.14 Å². The van der Waals surface area contributed by atoms with Gasteiger partial charge in [0.1, 0.15) is 0 Å². The Bertz CT molecular complexity index is 349. The summed E-state index contributed by atoms with van der Waals surface area (Å²) in [4.78, 5) is 0. The van der Waals surface area contributed by atoms with Gasteiger partial charge in [-0.1, -0.05) is 0 Å². The third kappa shape index (κ3) is 3.34. The lowest BCUT2D eigenvalue weighted by Gasteiger charge is -2.04. The van der Waals surface area contributed by atoms with Crippen LogP contribution >= 0.6 is 0 Å². The molecule has 0 aromatic heterocycles. The van der Waals surface area contributed by atoms with E-state index in [1.54, 1.807) is 0 Å². The first-order valence-corrected chi connectivity index (χ1v) is 4.89. The lowest BCUT2D eigenvalue weighted by Crippen LogP contribution is -2.30. The first-order chi connectivity index (χ1) is 4.96. The summed E-state index contributed by atoms with van der Waals surface area (Å²) < 4.78 is 75.8. The van der Waals surface area contributed by atoms with E-state index in [1.165, 1.54) is 0 Å². The van der Waals surface area contributed by atoms with Crippen molar-refractivity contribution in [3.63, 3.8) is 0 Å². The number of hydrogen-bond acceptors (Lipinski definition) is 5. The minimum Gasteiger partial charge on any atom is -0.204 e. The van der Waals surface area contributed by atoms with Gasteiger partial charge in [0.15, 0.2) is 0 Å². The fourth-order valence-electron chi connectivity index (χ4n) is 0.163. The minimum absolute atomic E-state index is 2.59. The van der Waals surface area contributed by atoms with Gasteiger partial charge in [-0.05, 0) is 0 Å². The van der Waals surface area contributed by atoms with Gasteiger partial charge in [0.2, 0.25) is 0 Å². The number of nitrogens with two attached hydrogens (primary N) is 1. The first kappa shape index (κ1) is 11.6. The zero-order valence-corrected chi connectivity index (χ0v) is 6.70. The molecule has 2 N–H and O–H groups in total. The first-order valence-electron chi connectivity index (χ1n) is 2.01. The second kappa shape index (κ2) is 2.83. The number of hydrogen-bond donors (Lipinski definition) is 1. The van der Waals surface area contributed by atoms with E-state index < -0.39 is 25.9 Å². The van der Waals surface area contributed by atoms with Crippen molar-refractivity contribution in [2.45, 2.75) is 5.51 Å². The second-order valence-corrected chi connectivity index (χ2v) is 4.36. The van der Waals surface area contributed by atoms with Crippen LogP contribution < -0.4 is 5.14 Å². The summed E-state index contributed by atoms with van der Waals surface area (Å²) in [5.74, 6) is 0. The Morgan fingerprint density at radius 3 is 1.50 bits per heavy atom. The molecule has 0 unspecified atom stereocenters. The van der Waals surface area contributed by atoms with Gasteiger partial charge in [0, 0.05) is 0 Å². The summed E-state index contributed by atoms with van der Waals surface area (Å²) in [6.07, 6.45) is 0. The van der Waals surface area contributed by atoms with E-state index in [2.05, 4.69) is 8.77 Å². The maximum atomic E-state index is 11.3. The van der Waals surface area contributed by atoms with Gasteiger partial charge in [0.05, 0.1) is 0 Å². The van der Waals surface area contributed by atoms with Crippen LogP contribution in [-0.2, 0) is 24.1 Å². The Morgan fingerprint density at radius 2 is 1.42 bits per heavy atom. The van der Waals surface area contributed by atoms with Crippen LogP contribution in [0.4, 0.5) is 13.2 Å². The maximum Gasteiger partial charge on any atom is 0.524 e. The molecule has 0 amide bonds. The molecule has 0 saturated heterocycles. The van der Waals surface area contributed by atoms with E-state index in [0.717, 1.165) is 0 Å². The minimum atomic E-state index is -6.17. The molecule has 0 aromatic rings. The molecule has 0 spiro atoms. The Hall–Kier alpha value is -0.390. The summed E-state index contributed by atoms with van der Waals surface area (Å²) in [5, 5.41) is 3.89. The van der Waals surface area contributed by atoms with E-state index >= 15 is 0 Å². The molecule has 0 saturated carbocycles. The zero-order chi connectivity index (χ0) is 10.2. The van der Waals surface area contributed by atoms with Crippen LogP contribution in [0.2, 0.25) is 0 Å². The number of alkyl halides is 3. The van der Waals surface area contributed by atoms with Crippen LogP contribution in [0, 0.1) is 0 Å². The molecule has 0 rings (SSSR count). The average Bonchev–Trinajstić information content (AvgIpc) is 1.52. The normalized spacial score (nSPS) is 14.7. The molecule has 0 radical (unpaired) electrons. The SMILES string of the molecule is NS(=O)(=O)OS(=O)(=O)C(F)(F)F. The molecule has 0 aromatic carbocycles. The fourth-order valence-corrected chi connectivity index (χ4v) is 1.47. The van der Waals surface area contributed by atoms with Crippen LogP contribution in [0.15, 0.2) is 0 Å². The predicted octanol–water partition coefficient (Wildman–Crippen LogP) is -0.944. The standard InChI is InChI=1S/CH2F3NO5S2/c2-1(3,4)11(6,7)10-12(5,8)9/h(H2,5,8,9). The molecule has 74 valence electrons. The van der Waals surface area contributed by atoms with E-state index in [9.17, 15) is 30.0 Å². The monoisotopic (exact) mass is 229 g/mol. The van der Waals surface area contributed by atoms with Crippen molar-refractivity contribution in [3.05, 3.63) is 0 Å². The quantitative estimate of drug-likeness (QED) is 0.615. The predicted molar refractivity (Wildman–Crippen MR) is 29.2 cm³/mol. The molecule has 0 bridgehead atoms. The molecule has 12 heavy (non-hydrogen) atoms. The molecule has 0 aliphatic heterocycles. The van der Waals surface area contributed by atoms with Crippen molar-refractivity contribution in [3.8, 4) is 0 Å². The van der Waals surface area contributed by atoms with E-state index in [1.807, 2.05) is 0 Å². The summed E-state index contributed by atoms with van der Waals surface area (Å²) in [5.41, 5.74) is -5.81. The van der Waals surface area contributed by atoms with Gasteiger partial charge in [-0.2, -0.15) is 30.0 Å². The maximum absolute atomic E-state index is 11.3. The largest absolute Gasteiger partial charge is 0.524 e. The molecule has 0 aliphatic rings. The lowest BCUT2D eigenvalue weighted by molar-refractivity contribution is -0.0498. The van der Waals surface area contributed by atoms with Gasteiger partial charge in [-0.3, -0.25) is 0 Å². The molecule has 0 atom stereocenters. The van der Waals surface area contributed by atoms with Crippen LogP contribution in [0.5, 0.6) is 0 Å². The van der Waals surface area contributed by atoms with Crippen molar-refractivity contribution in [1.82, 2.24) is 0 Å². The van der Waals surface area contributed by atoms with E-state index in [4.69, 9.17) is 0 Å². The van der Waals surface area contributed by atoms with Crippen LogP contribution in [0.1, 0.15) is 0 Å². The summed E-state index contributed by atoms with van der Waals surface area (Å²) in [7, 11) is -11.3. The van der Waals surface area contributed by atoms with Crippen molar-refractivity contribution < 1.29 is 33.6 Å². The van der Waals surface area contributed by atoms with Crippen molar-refractivity contribution >= 4 is 20.4 Å². The molecule has 0 fully saturated rings. The van der Waals surface area contributed by atoms with Gasteiger partial charge in [-0.25, -0.2) is 5.14 Å². The van der Waals surface area contributed by atoms with Crippen LogP contribution in [-0.4, -0.2) is 22.3 Å². The number of rotatable bonds is 2. The summed E-state index contributed by atoms with van der Waals surface area (Å²) in [6, 6.07) is 0. The Kier molecular flexibility index (Phi) is 2.74. The van der Waals surface area contributed by atoms with Gasteiger partial charge in [0.25, 0.3) is 0 Å². The second-order valence-electron chi connectivity index (χ2n) is 1.46. The summed E-state index contributed by atoms with van der Waals surface area (Å²) in [6.45, 7) is 0. The topological polar surface area (TPSA) is 104 Å². The number of halogens is 3.